The van der Waals surface area contributed by atoms with Gasteiger partial charge in [0.2, 0.25) is 0 Å². The van der Waals surface area contributed by atoms with Gasteiger partial charge in [0, 0.05) is 16.4 Å². The number of hydrogen-bond acceptors (Lipinski definition) is 3. The number of ether oxygens (including phenoxy) is 1. The third kappa shape index (κ3) is 3.61. The molecule has 0 amide bonds. The Morgan fingerprint density at radius 1 is 1.29 bits per heavy atom. The molecule has 1 aromatic carbocycles. The second-order valence-electron chi connectivity index (χ2n) is 6.24. The second kappa shape index (κ2) is 7.12. The molecule has 1 aliphatic carbocycles. The number of likely N-dealkylation sites (N-methyl/N-ethyl adjacent to an activating group) is 1. The van der Waals surface area contributed by atoms with E-state index < -0.39 is 0 Å². The van der Waals surface area contributed by atoms with Crippen molar-refractivity contribution in [2.75, 3.05) is 21.2 Å². The van der Waals surface area contributed by atoms with Gasteiger partial charge >= 0.3 is 0 Å². The van der Waals surface area contributed by atoms with Gasteiger partial charge in [0.05, 0.1) is 13.2 Å². The van der Waals surface area contributed by atoms with E-state index in [-0.39, 0.29) is 11.6 Å². The van der Waals surface area contributed by atoms with Crippen molar-refractivity contribution in [3.63, 3.8) is 0 Å². The smallest absolute Gasteiger partial charge is 0.119 e. The summed E-state index contributed by atoms with van der Waals surface area (Å²) >= 11 is 3.59. The normalized spacial score (nSPS) is 19.5. The Labute approximate surface area is 136 Å². The van der Waals surface area contributed by atoms with E-state index in [1.54, 1.807) is 7.11 Å². The van der Waals surface area contributed by atoms with Crippen molar-refractivity contribution >= 4 is 15.9 Å². The fourth-order valence-electron chi connectivity index (χ4n) is 3.48. The topological polar surface area (TPSA) is 32.7 Å². The van der Waals surface area contributed by atoms with Crippen molar-refractivity contribution in [2.24, 2.45) is 0 Å². The van der Waals surface area contributed by atoms with Crippen molar-refractivity contribution in [1.82, 2.24) is 4.90 Å². The predicted octanol–water partition coefficient (Wildman–Crippen LogP) is 3.63. The van der Waals surface area contributed by atoms with Gasteiger partial charge in [0.25, 0.3) is 0 Å². The maximum atomic E-state index is 10.9. The second-order valence-corrected chi connectivity index (χ2v) is 7.09. The van der Waals surface area contributed by atoms with Crippen LogP contribution in [0.3, 0.4) is 0 Å². The molecule has 1 fully saturated rings. The zero-order chi connectivity index (χ0) is 15.5. The van der Waals surface area contributed by atoms with Gasteiger partial charge in [0.1, 0.15) is 5.75 Å². The van der Waals surface area contributed by atoms with E-state index >= 15 is 0 Å². The Hall–Kier alpha value is -0.580. The lowest BCUT2D eigenvalue weighted by molar-refractivity contribution is -0.0311. The van der Waals surface area contributed by atoms with Crippen LogP contribution in [0.1, 0.15) is 37.7 Å². The highest BCUT2D eigenvalue weighted by molar-refractivity contribution is 9.10. The SMILES string of the molecule is COc1ccc(Br)c(CC(O)C2(N(C)C)CCCCC2)c1. The number of halogens is 1. The molecule has 0 saturated heterocycles. The highest BCUT2D eigenvalue weighted by Gasteiger charge is 2.40. The van der Waals surface area contributed by atoms with Crippen molar-refractivity contribution in [3.05, 3.63) is 28.2 Å². The molecule has 1 aliphatic rings. The van der Waals surface area contributed by atoms with Gasteiger partial charge in [-0.25, -0.2) is 0 Å². The van der Waals surface area contributed by atoms with E-state index in [0.29, 0.717) is 6.42 Å². The lowest BCUT2D eigenvalue weighted by atomic mass is 9.75. The highest BCUT2D eigenvalue weighted by Crippen LogP contribution is 2.37. The van der Waals surface area contributed by atoms with Gasteiger partial charge in [-0.05, 0) is 50.7 Å². The molecule has 0 aliphatic heterocycles. The van der Waals surface area contributed by atoms with Crippen molar-refractivity contribution in [1.29, 1.82) is 0 Å². The quantitative estimate of drug-likeness (QED) is 0.875. The van der Waals surface area contributed by atoms with Crippen LogP contribution in [0.5, 0.6) is 5.75 Å². The van der Waals surface area contributed by atoms with Crippen LogP contribution in [0.4, 0.5) is 0 Å². The zero-order valence-corrected chi connectivity index (χ0v) is 14.8. The molecule has 2 rings (SSSR count). The van der Waals surface area contributed by atoms with E-state index in [4.69, 9.17) is 4.74 Å². The van der Waals surface area contributed by atoms with Crippen LogP contribution < -0.4 is 4.74 Å². The Kier molecular flexibility index (Phi) is 5.69. The van der Waals surface area contributed by atoms with Crippen LogP contribution in [0.2, 0.25) is 0 Å². The minimum atomic E-state index is -0.365. The minimum absolute atomic E-state index is 0.0965. The van der Waals surface area contributed by atoms with Crippen molar-refractivity contribution in [2.45, 2.75) is 50.2 Å². The molecule has 21 heavy (non-hydrogen) atoms. The van der Waals surface area contributed by atoms with E-state index in [1.165, 1.54) is 19.3 Å². The van der Waals surface area contributed by atoms with Crippen molar-refractivity contribution < 1.29 is 9.84 Å². The molecule has 0 bridgehead atoms. The van der Waals surface area contributed by atoms with Gasteiger partial charge in [-0.1, -0.05) is 35.2 Å². The van der Waals surface area contributed by atoms with Crippen LogP contribution in [0.25, 0.3) is 0 Å². The predicted molar refractivity (Wildman–Crippen MR) is 89.9 cm³/mol. The molecule has 1 unspecified atom stereocenters. The molecule has 1 saturated carbocycles. The Bertz CT molecular complexity index is 470. The van der Waals surface area contributed by atoms with Crippen LogP contribution in [-0.2, 0) is 6.42 Å². The summed E-state index contributed by atoms with van der Waals surface area (Å²) in [4.78, 5) is 2.23. The fraction of sp³-hybridized carbons (Fsp3) is 0.647. The summed E-state index contributed by atoms with van der Waals surface area (Å²) in [6.45, 7) is 0. The van der Waals surface area contributed by atoms with Crippen LogP contribution >= 0.6 is 15.9 Å². The standard InChI is InChI=1S/C17H26BrNO2/c1-19(2)17(9-5-4-6-10-17)16(20)12-13-11-14(21-3)7-8-15(13)18/h7-8,11,16,20H,4-6,9-10,12H2,1-3H3. The third-order valence-corrected chi connectivity index (χ3v) is 5.67. The lowest BCUT2D eigenvalue weighted by Crippen LogP contribution is -2.55. The zero-order valence-electron chi connectivity index (χ0n) is 13.2. The van der Waals surface area contributed by atoms with Crippen LogP contribution in [-0.4, -0.2) is 42.9 Å². The van der Waals surface area contributed by atoms with Gasteiger partial charge in [-0.15, -0.1) is 0 Å². The number of aliphatic hydroxyl groups excluding tert-OH is 1. The van der Waals surface area contributed by atoms with Gasteiger partial charge in [-0.3, -0.25) is 0 Å². The van der Waals surface area contributed by atoms with Gasteiger partial charge in [0.15, 0.2) is 0 Å². The molecule has 1 atom stereocenters. The minimum Gasteiger partial charge on any atom is -0.497 e. The molecule has 1 aromatic rings. The number of aliphatic hydroxyl groups is 1. The average molecular weight is 356 g/mol. The first-order valence-electron chi connectivity index (χ1n) is 7.67. The number of hydrogen-bond donors (Lipinski definition) is 1. The van der Waals surface area contributed by atoms with E-state index in [1.807, 2.05) is 18.2 Å². The largest absolute Gasteiger partial charge is 0.497 e. The molecule has 4 heteroatoms. The van der Waals surface area contributed by atoms with E-state index in [9.17, 15) is 5.11 Å². The summed E-state index contributed by atoms with van der Waals surface area (Å²) in [6, 6.07) is 5.94. The number of rotatable bonds is 5. The molecule has 0 spiro atoms. The monoisotopic (exact) mass is 355 g/mol. The summed E-state index contributed by atoms with van der Waals surface area (Å²) in [5.74, 6) is 0.836. The molecule has 0 aromatic heterocycles. The summed E-state index contributed by atoms with van der Waals surface area (Å²) < 4.78 is 6.33. The van der Waals surface area contributed by atoms with Crippen LogP contribution in [0.15, 0.2) is 22.7 Å². The van der Waals surface area contributed by atoms with Crippen molar-refractivity contribution in [3.8, 4) is 5.75 Å². The number of methoxy groups -OCH3 is 1. The molecular weight excluding hydrogens is 330 g/mol. The first kappa shape index (κ1) is 16.8. The Balaban J connectivity index is 2.20. The van der Waals surface area contributed by atoms with E-state index in [2.05, 4.69) is 34.9 Å². The number of benzene rings is 1. The lowest BCUT2D eigenvalue weighted by Gasteiger charge is -2.46. The van der Waals surface area contributed by atoms with Crippen LogP contribution in [0, 0.1) is 0 Å². The maximum absolute atomic E-state index is 10.9. The molecule has 0 radical (unpaired) electrons. The Morgan fingerprint density at radius 3 is 2.52 bits per heavy atom. The van der Waals surface area contributed by atoms with E-state index in [0.717, 1.165) is 28.6 Å². The fourth-order valence-corrected chi connectivity index (χ4v) is 3.88. The summed E-state index contributed by atoms with van der Waals surface area (Å²) in [7, 11) is 5.86. The summed E-state index contributed by atoms with van der Waals surface area (Å²) in [6.07, 6.45) is 6.12. The summed E-state index contributed by atoms with van der Waals surface area (Å²) in [5, 5.41) is 10.9. The summed E-state index contributed by atoms with van der Waals surface area (Å²) in [5.41, 5.74) is 1.01. The highest BCUT2D eigenvalue weighted by atomic mass is 79.9. The number of nitrogens with zero attached hydrogens (tertiary/aromatic N) is 1. The van der Waals surface area contributed by atoms with Gasteiger partial charge in [-0.2, -0.15) is 0 Å². The molecule has 3 nitrogen and oxygen atoms in total. The average Bonchev–Trinajstić information content (AvgIpc) is 2.49. The molecule has 118 valence electrons. The van der Waals surface area contributed by atoms with Gasteiger partial charge < -0.3 is 14.7 Å². The first-order chi connectivity index (χ1) is 9.99. The maximum Gasteiger partial charge on any atom is 0.119 e. The first-order valence-corrected chi connectivity index (χ1v) is 8.47. The molecule has 1 N–H and O–H groups in total. The Morgan fingerprint density at radius 2 is 1.95 bits per heavy atom. The molecular formula is C17H26BrNO2. The third-order valence-electron chi connectivity index (χ3n) is 4.90. The molecule has 0 heterocycles.